The molecule has 0 aliphatic rings. The van der Waals surface area contributed by atoms with Gasteiger partial charge in [-0.25, -0.2) is 4.68 Å². The lowest BCUT2D eigenvalue weighted by atomic mass is 10.4. The molecule has 0 radical (unpaired) electrons. The Labute approximate surface area is 80.4 Å². The fourth-order valence-corrected chi connectivity index (χ4v) is 0.894. The summed E-state index contributed by atoms with van der Waals surface area (Å²) < 4.78 is 6.60. The number of aromatic nitrogens is 3. The van der Waals surface area contributed by atoms with Crippen LogP contribution in [0.2, 0.25) is 0 Å². The quantitative estimate of drug-likeness (QED) is 0.684. The fraction of sp³-hybridized carbons (Fsp3) is 0. The summed E-state index contributed by atoms with van der Waals surface area (Å²) in [6, 6.07) is 3.69. The van der Waals surface area contributed by atoms with Gasteiger partial charge < -0.3 is 4.42 Å². The standard InChI is InChI=1S/C9H8N4O/c1(3-9-4-2-6-14-9)5-12-13-7-10-11-8-13/h1-8H/b3-1+,12-5+. The van der Waals surface area contributed by atoms with Crippen LogP contribution >= 0.6 is 0 Å². The number of nitrogens with zero attached hydrogens (tertiary/aromatic N) is 4. The highest BCUT2D eigenvalue weighted by molar-refractivity contribution is 5.77. The molecule has 0 fully saturated rings. The van der Waals surface area contributed by atoms with Crippen LogP contribution in [0.3, 0.4) is 0 Å². The Bertz CT molecular complexity index is 371. The van der Waals surface area contributed by atoms with Crippen molar-refractivity contribution in [2.45, 2.75) is 0 Å². The first kappa shape index (κ1) is 8.43. The van der Waals surface area contributed by atoms with Gasteiger partial charge in [0.15, 0.2) is 0 Å². The van der Waals surface area contributed by atoms with Crippen LogP contribution in [0.5, 0.6) is 0 Å². The van der Waals surface area contributed by atoms with Crippen molar-refractivity contribution in [1.29, 1.82) is 0 Å². The van der Waals surface area contributed by atoms with E-state index in [-0.39, 0.29) is 0 Å². The summed E-state index contributed by atoms with van der Waals surface area (Å²) in [6.45, 7) is 0. The van der Waals surface area contributed by atoms with Crippen molar-refractivity contribution in [3.63, 3.8) is 0 Å². The number of hydrogen-bond donors (Lipinski definition) is 0. The number of allylic oxidation sites excluding steroid dienone is 1. The minimum atomic E-state index is 0.792. The van der Waals surface area contributed by atoms with Gasteiger partial charge >= 0.3 is 0 Å². The molecule has 2 aromatic rings. The third-order valence-corrected chi connectivity index (χ3v) is 1.50. The van der Waals surface area contributed by atoms with Crippen LogP contribution in [0.15, 0.2) is 46.6 Å². The molecule has 0 unspecified atom stereocenters. The van der Waals surface area contributed by atoms with Crippen molar-refractivity contribution < 1.29 is 4.42 Å². The summed E-state index contributed by atoms with van der Waals surface area (Å²) in [7, 11) is 0. The van der Waals surface area contributed by atoms with Gasteiger partial charge in [0.25, 0.3) is 0 Å². The molecular formula is C9H8N4O. The largest absolute Gasteiger partial charge is 0.465 e. The lowest BCUT2D eigenvalue weighted by molar-refractivity contribution is 0.557. The van der Waals surface area contributed by atoms with E-state index in [4.69, 9.17) is 4.42 Å². The molecule has 14 heavy (non-hydrogen) atoms. The summed E-state index contributed by atoms with van der Waals surface area (Å²) >= 11 is 0. The average molecular weight is 188 g/mol. The van der Waals surface area contributed by atoms with Gasteiger partial charge in [-0.05, 0) is 24.3 Å². The number of furan rings is 1. The monoisotopic (exact) mass is 188 g/mol. The molecule has 5 nitrogen and oxygen atoms in total. The molecule has 0 amide bonds. The summed E-state index contributed by atoms with van der Waals surface area (Å²) in [4.78, 5) is 0. The van der Waals surface area contributed by atoms with Gasteiger partial charge in [0.2, 0.25) is 0 Å². The predicted octanol–water partition coefficient (Wildman–Crippen LogP) is 1.42. The smallest absolute Gasteiger partial charge is 0.141 e. The van der Waals surface area contributed by atoms with E-state index in [2.05, 4.69) is 15.3 Å². The first-order valence-corrected chi connectivity index (χ1v) is 4.04. The summed E-state index contributed by atoms with van der Waals surface area (Å²) in [5.41, 5.74) is 0. The highest BCUT2D eigenvalue weighted by Gasteiger charge is 1.84. The highest BCUT2D eigenvalue weighted by Crippen LogP contribution is 2.00. The zero-order chi connectivity index (χ0) is 9.64. The Morgan fingerprint density at radius 2 is 2.21 bits per heavy atom. The molecule has 70 valence electrons. The molecular weight excluding hydrogens is 180 g/mol. The molecule has 0 aliphatic carbocycles. The second-order valence-corrected chi connectivity index (χ2v) is 2.48. The maximum Gasteiger partial charge on any atom is 0.141 e. The Hall–Kier alpha value is -2.17. The first-order valence-electron chi connectivity index (χ1n) is 4.04. The van der Waals surface area contributed by atoms with Crippen LogP contribution in [-0.2, 0) is 0 Å². The van der Waals surface area contributed by atoms with Crippen LogP contribution < -0.4 is 0 Å². The third kappa shape index (κ3) is 2.16. The molecule has 0 bridgehead atoms. The van der Waals surface area contributed by atoms with Crippen LogP contribution in [0.4, 0.5) is 0 Å². The molecule has 2 heterocycles. The molecule has 0 N–H and O–H groups in total. The van der Waals surface area contributed by atoms with Crippen molar-refractivity contribution in [3.05, 3.63) is 42.9 Å². The predicted molar refractivity (Wildman–Crippen MR) is 51.7 cm³/mol. The van der Waals surface area contributed by atoms with E-state index in [1.165, 1.54) is 17.3 Å². The van der Waals surface area contributed by atoms with Crippen molar-refractivity contribution in [2.75, 3.05) is 0 Å². The number of rotatable bonds is 3. The van der Waals surface area contributed by atoms with Crippen LogP contribution in [-0.4, -0.2) is 21.1 Å². The Kier molecular flexibility index (Phi) is 2.51. The summed E-state index contributed by atoms with van der Waals surface area (Å²) in [6.07, 6.45) is 9.86. The van der Waals surface area contributed by atoms with E-state index < -0.39 is 0 Å². The SMILES string of the molecule is C(=C\c1ccco1)/C=N/n1cnnc1. The third-order valence-electron chi connectivity index (χ3n) is 1.50. The highest BCUT2D eigenvalue weighted by atomic mass is 16.3. The normalized spacial score (nSPS) is 11.7. The minimum Gasteiger partial charge on any atom is -0.465 e. The zero-order valence-corrected chi connectivity index (χ0v) is 7.32. The van der Waals surface area contributed by atoms with Crippen molar-refractivity contribution >= 4 is 12.3 Å². The lowest BCUT2D eigenvalue weighted by Gasteiger charge is -1.84. The van der Waals surface area contributed by atoms with Crippen molar-refractivity contribution in [2.24, 2.45) is 5.10 Å². The van der Waals surface area contributed by atoms with E-state index in [1.54, 1.807) is 18.6 Å². The summed E-state index contributed by atoms with van der Waals surface area (Å²) in [5, 5.41) is 11.2. The Balaban J connectivity index is 1.94. The molecule has 0 saturated heterocycles. The van der Waals surface area contributed by atoms with Gasteiger partial charge in [-0.1, -0.05) is 0 Å². The van der Waals surface area contributed by atoms with Gasteiger partial charge in [0.1, 0.15) is 18.4 Å². The maximum atomic E-state index is 5.09. The molecule has 2 aromatic heterocycles. The average Bonchev–Trinajstić information content (AvgIpc) is 2.86. The van der Waals surface area contributed by atoms with Gasteiger partial charge in [-0.3, -0.25) is 0 Å². The summed E-state index contributed by atoms with van der Waals surface area (Å²) in [5.74, 6) is 0.792. The zero-order valence-electron chi connectivity index (χ0n) is 7.32. The second-order valence-electron chi connectivity index (χ2n) is 2.48. The van der Waals surface area contributed by atoms with Crippen molar-refractivity contribution in [1.82, 2.24) is 14.9 Å². The van der Waals surface area contributed by atoms with Crippen molar-refractivity contribution in [3.8, 4) is 0 Å². The fourth-order valence-electron chi connectivity index (χ4n) is 0.894. The van der Waals surface area contributed by atoms with Gasteiger partial charge in [0.05, 0.1) is 6.26 Å². The first-order chi connectivity index (χ1) is 6.95. The van der Waals surface area contributed by atoms with E-state index in [1.807, 2.05) is 18.2 Å². The Morgan fingerprint density at radius 1 is 1.36 bits per heavy atom. The van der Waals surface area contributed by atoms with Gasteiger partial charge in [0, 0.05) is 6.21 Å². The van der Waals surface area contributed by atoms with Gasteiger partial charge in [-0.15, -0.1) is 10.2 Å². The minimum absolute atomic E-state index is 0.792. The van der Waals surface area contributed by atoms with Gasteiger partial charge in [-0.2, -0.15) is 5.10 Å². The molecule has 5 heteroatoms. The van der Waals surface area contributed by atoms with Crippen LogP contribution in [0, 0.1) is 0 Å². The van der Waals surface area contributed by atoms with E-state index in [9.17, 15) is 0 Å². The lowest BCUT2D eigenvalue weighted by Crippen LogP contribution is -1.81. The van der Waals surface area contributed by atoms with E-state index in [0.29, 0.717) is 0 Å². The molecule has 0 saturated carbocycles. The van der Waals surface area contributed by atoms with E-state index >= 15 is 0 Å². The van der Waals surface area contributed by atoms with Crippen LogP contribution in [0.25, 0.3) is 6.08 Å². The van der Waals surface area contributed by atoms with E-state index in [0.717, 1.165) is 5.76 Å². The van der Waals surface area contributed by atoms with Crippen LogP contribution in [0.1, 0.15) is 5.76 Å². The molecule has 0 spiro atoms. The molecule has 0 aliphatic heterocycles. The Morgan fingerprint density at radius 3 is 2.93 bits per heavy atom. The number of hydrogen-bond acceptors (Lipinski definition) is 4. The maximum absolute atomic E-state index is 5.09. The second kappa shape index (κ2) is 4.18. The molecule has 0 atom stereocenters. The topological polar surface area (TPSA) is 56.2 Å². The molecule has 0 aromatic carbocycles. The molecule has 2 rings (SSSR count).